The number of hydrogen-bond acceptors (Lipinski definition) is 1. The molecule has 0 atom stereocenters. The Kier molecular flexibility index (Phi) is 12.9. The van der Waals surface area contributed by atoms with Crippen LogP contribution in [0, 0.1) is 0 Å². The van der Waals surface area contributed by atoms with Gasteiger partial charge in [0.1, 0.15) is 0 Å². The zero-order valence-corrected chi connectivity index (χ0v) is 7.40. The van der Waals surface area contributed by atoms with Gasteiger partial charge in [0.05, 0.1) is 0 Å². The third-order valence-corrected chi connectivity index (χ3v) is 0. The molecule has 43 valence electrons. The first-order valence-electron chi connectivity index (χ1n) is 0.752. The Hall–Kier alpha value is 1.59. The topological polar surface area (TPSA) is 57.5 Å². The number of rotatable bonds is 0. The van der Waals surface area contributed by atoms with Gasteiger partial charge in [-0.15, -0.1) is 4.20 Å². The van der Waals surface area contributed by atoms with Crippen LogP contribution >= 0.6 is 7.91 Å². The molecule has 2 N–H and O–H groups in total. The molecule has 7 heteroatoms. The van der Waals surface area contributed by atoms with Crippen molar-refractivity contribution < 1.29 is 66.3 Å². The normalized spacial score (nSPS) is 8.43. The Balaban J connectivity index is -0.0000000267. The fourth-order valence-electron chi connectivity index (χ4n) is 0. The minimum Gasteiger partial charge on any atom is -1.00 e. The average molecular weight is 183 g/mol. The van der Waals surface area contributed by atoms with E-state index in [2.05, 4.69) is 0 Å². The molecule has 0 saturated carbocycles. The van der Waals surface area contributed by atoms with Crippen LogP contribution < -0.4 is 29.6 Å². The molecular formula is H3CoFNaO3P. The molecule has 7 heavy (non-hydrogen) atoms. The minimum atomic E-state index is -5.14. The van der Waals surface area contributed by atoms with Crippen LogP contribution in [0.15, 0.2) is 0 Å². The Bertz CT molecular complexity index is 65.4. The van der Waals surface area contributed by atoms with Crippen molar-refractivity contribution in [3.8, 4) is 0 Å². The fourth-order valence-corrected chi connectivity index (χ4v) is 0. The van der Waals surface area contributed by atoms with Crippen molar-refractivity contribution in [2.75, 3.05) is 0 Å². The van der Waals surface area contributed by atoms with Gasteiger partial charge >= 0.3 is 37.5 Å². The molecule has 0 spiro atoms. The standard InChI is InChI=1S/Co.FH2O3P.Na.H/c;1-5(2,3)4;;/h;(H2,2,3,4);;/q;;+1;-1. The Morgan fingerprint density at radius 2 is 1.57 bits per heavy atom. The van der Waals surface area contributed by atoms with Crippen LogP contribution in [0.2, 0.25) is 0 Å². The molecule has 0 unspecified atom stereocenters. The van der Waals surface area contributed by atoms with E-state index in [9.17, 15) is 4.20 Å². The van der Waals surface area contributed by atoms with E-state index in [0.717, 1.165) is 0 Å². The van der Waals surface area contributed by atoms with E-state index in [1.807, 2.05) is 0 Å². The van der Waals surface area contributed by atoms with Crippen molar-refractivity contribution in [3.05, 3.63) is 0 Å². The molecule has 0 aromatic rings. The molecule has 0 amide bonds. The maximum absolute atomic E-state index is 10.4. The van der Waals surface area contributed by atoms with E-state index in [1.54, 1.807) is 0 Å². The maximum Gasteiger partial charge on any atom is 1.00 e. The molecule has 0 rings (SSSR count). The van der Waals surface area contributed by atoms with Gasteiger partial charge in [-0.3, -0.25) is 9.79 Å². The summed E-state index contributed by atoms with van der Waals surface area (Å²) in [5.74, 6) is 0. The SMILES string of the molecule is O=P(O)(O)F.[Co].[H-].[Na+]. The van der Waals surface area contributed by atoms with Gasteiger partial charge in [0.2, 0.25) is 0 Å². The first kappa shape index (κ1) is 15.8. The molecule has 0 aromatic heterocycles. The third kappa shape index (κ3) is 94.1. The van der Waals surface area contributed by atoms with Gasteiger partial charge in [-0.05, 0) is 0 Å². The third-order valence-electron chi connectivity index (χ3n) is 0. The van der Waals surface area contributed by atoms with Crippen molar-refractivity contribution in [1.82, 2.24) is 0 Å². The van der Waals surface area contributed by atoms with Crippen LogP contribution in [0.4, 0.5) is 4.20 Å². The van der Waals surface area contributed by atoms with Crippen LogP contribution in [0.25, 0.3) is 0 Å². The molecule has 1 radical (unpaired) electrons. The Morgan fingerprint density at radius 3 is 1.57 bits per heavy atom. The molecule has 0 aliphatic heterocycles. The zero-order chi connectivity index (χ0) is 4.50. The predicted octanol–water partition coefficient (Wildman–Crippen LogP) is -2.84. The van der Waals surface area contributed by atoms with E-state index in [1.165, 1.54) is 0 Å². The molecule has 3 nitrogen and oxygen atoms in total. The van der Waals surface area contributed by atoms with Crippen molar-refractivity contribution in [3.63, 3.8) is 0 Å². The second-order valence-electron chi connectivity index (χ2n) is 0.473. The van der Waals surface area contributed by atoms with Gasteiger partial charge in [-0.25, -0.2) is 4.57 Å². The molecule has 0 aliphatic rings. The molecule has 0 heterocycles. The molecule has 0 bridgehead atoms. The summed E-state index contributed by atoms with van der Waals surface area (Å²) < 4.78 is 19.0. The second kappa shape index (κ2) is 5.72. The predicted molar refractivity (Wildman–Crippen MR) is 14.3 cm³/mol. The Labute approximate surface area is 73.9 Å². The van der Waals surface area contributed by atoms with Crippen LogP contribution in [-0.2, 0) is 21.3 Å². The summed E-state index contributed by atoms with van der Waals surface area (Å²) in [4.78, 5) is 13.9. The van der Waals surface area contributed by atoms with E-state index in [0.29, 0.717) is 0 Å². The van der Waals surface area contributed by atoms with Crippen molar-refractivity contribution in [2.24, 2.45) is 0 Å². The average Bonchev–Trinajstić information content (AvgIpc) is 0.722. The van der Waals surface area contributed by atoms with Gasteiger partial charge in [-0.2, -0.15) is 0 Å². The summed E-state index contributed by atoms with van der Waals surface area (Å²) in [6.07, 6.45) is 0. The van der Waals surface area contributed by atoms with Gasteiger partial charge in [0.25, 0.3) is 0 Å². The summed E-state index contributed by atoms with van der Waals surface area (Å²) in [7, 11) is -5.14. The first-order chi connectivity index (χ1) is 2.00. The van der Waals surface area contributed by atoms with Crippen LogP contribution in [0.3, 0.4) is 0 Å². The zero-order valence-electron chi connectivity index (χ0n) is 4.46. The van der Waals surface area contributed by atoms with Crippen molar-refractivity contribution in [2.45, 2.75) is 0 Å². The van der Waals surface area contributed by atoms with E-state index < -0.39 is 7.91 Å². The quantitative estimate of drug-likeness (QED) is 0.314. The summed E-state index contributed by atoms with van der Waals surface area (Å²) in [5, 5.41) is 0. The van der Waals surface area contributed by atoms with Crippen molar-refractivity contribution >= 4 is 7.91 Å². The monoisotopic (exact) mass is 183 g/mol. The maximum atomic E-state index is 10.4. The number of halogens is 1. The number of hydrogen-bond donors (Lipinski definition) is 2. The van der Waals surface area contributed by atoms with Gasteiger partial charge in [0, 0.05) is 16.8 Å². The van der Waals surface area contributed by atoms with Crippen LogP contribution in [0.1, 0.15) is 1.43 Å². The molecule has 0 aromatic carbocycles. The van der Waals surface area contributed by atoms with Gasteiger partial charge in [-0.1, -0.05) is 0 Å². The first-order valence-corrected chi connectivity index (χ1v) is 2.25. The summed E-state index contributed by atoms with van der Waals surface area (Å²) in [6.45, 7) is 0. The van der Waals surface area contributed by atoms with Gasteiger partial charge < -0.3 is 1.43 Å². The van der Waals surface area contributed by atoms with Gasteiger partial charge in [0.15, 0.2) is 0 Å². The Morgan fingerprint density at radius 1 is 1.57 bits per heavy atom. The van der Waals surface area contributed by atoms with Crippen LogP contribution in [0.5, 0.6) is 0 Å². The fraction of sp³-hybridized carbons (Fsp3) is 0. The molecular weight excluding hydrogens is 180 g/mol. The van der Waals surface area contributed by atoms with E-state index in [4.69, 9.17) is 14.4 Å². The smallest absolute Gasteiger partial charge is 1.00 e. The summed E-state index contributed by atoms with van der Waals surface area (Å²) in [5.41, 5.74) is 0. The van der Waals surface area contributed by atoms with Crippen LogP contribution in [-0.4, -0.2) is 9.79 Å². The largest absolute Gasteiger partial charge is 1.00 e. The molecule has 0 saturated heterocycles. The van der Waals surface area contributed by atoms with Crippen molar-refractivity contribution in [1.29, 1.82) is 0 Å². The van der Waals surface area contributed by atoms with E-state index >= 15 is 0 Å². The van der Waals surface area contributed by atoms with E-state index in [-0.39, 0.29) is 47.8 Å². The second-order valence-corrected chi connectivity index (χ2v) is 1.42. The summed E-state index contributed by atoms with van der Waals surface area (Å²) >= 11 is 0. The molecule has 0 fully saturated rings. The molecule has 0 aliphatic carbocycles. The minimum absolute atomic E-state index is 0. The summed E-state index contributed by atoms with van der Waals surface area (Å²) in [6, 6.07) is 0.